The van der Waals surface area contributed by atoms with Crippen LogP contribution in [-0.4, -0.2) is 10.1 Å². The minimum atomic E-state index is 0.0970. The topological polar surface area (TPSA) is 45.1 Å². The molecule has 1 unspecified atom stereocenters. The van der Waals surface area contributed by atoms with Crippen LogP contribution in [0, 0.1) is 0 Å². The highest BCUT2D eigenvalue weighted by molar-refractivity contribution is 5.22. The fourth-order valence-corrected chi connectivity index (χ4v) is 1.78. The predicted octanol–water partition coefficient (Wildman–Crippen LogP) is 2.42. The van der Waals surface area contributed by atoms with Gasteiger partial charge in [0.05, 0.1) is 6.61 Å². The van der Waals surface area contributed by atoms with Crippen molar-refractivity contribution in [3.05, 3.63) is 65.5 Å². The molecule has 0 aliphatic rings. The monoisotopic (exact) mass is 242 g/mol. The molecule has 0 saturated heterocycles. The minimum absolute atomic E-state index is 0.0970. The summed E-state index contributed by atoms with van der Waals surface area (Å²) in [7, 11) is 0. The van der Waals surface area contributed by atoms with Gasteiger partial charge in [-0.25, -0.2) is 0 Å². The fraction of sp³-hybridized carbons (Fsp3) is 0.267. The van der Waals surface area contributed by atoms with Gasteiger partial charge in [0.25, 0.3) is 0 Å². The lowest BCUT2D eigenvalue weighted by atomic mass is 10.1. The van der Waals surface area contributed by atoms with Crippen molar-refractivity contribution in [3.63, 3.8) is 0 Å². The number of pyridine rings is 1. The third-order valence-corrected chi connectivity index (χ3v) is 3.00. The number of hydrogen-bond acceptors (Lipinski definition) is 3. The van der Waals surface area contributed by atoms with E-state index in [9.17, 15) is 0 Å². The van der Waals surface area contributed by atoms with Crippen molar-refractivity contribution in [2.75, 3.05) is 0 Å². The molecule has 0 bridgehead atoms. The second-order valence-electron chi connectivity index (χ2n) is 4.36. The number of hydrogen-bond donors (Lipinski definition) is 2. The van der Waals surface area contributed by atoms with Crippen molar-refractivity contribution >= 4 is 0 Å². The summed E-state index contributed by atoms with van der Waals surface area (Å²) in [5.74, 6) is 0. The van der Waals surface area contributed by atoms with Crippen LogP contribution in [0.3, 0.4) is 0 Å². The van der Waals surface area contributed by atoms with Gasteiger partial charge < -0.3 is 10.4 Å². The molecule has 2 rings (SSSR count). The Bertz CT molecular complexity index is 468. The number of aliphatic hydroxyl groups is 1. The second kappa shape index (κ2) is 6.28. The summed E-state index contributed by atoms with van der Waals surface area (Å²) < 4.78 is 0. The molecule has 0 aliphatic carbocycles. The summed E-state index contributed by atoms with van der Waals surface area (Å²) in [5, 5.41) is 12.4. The Morgan fingerprint density at radius 3 is 2.50 bits per heavy atom. The van der Waals surface area contributed by atoms with E-state index in [0.717, 1.165) is 12.1 Å². The molecule has 18 heavy (non-hydrogen) atoms. The molecule has 0 saturated carbocycles. The van der Waals surface area contributed by atoms with E-state index in [0.29, 0.717) is 0 Å². The molecule has 0 spiro atoms. The number of rotatable bonds is 5. The highest BCUT2D eigenvalue weighted by atomic mass is 16.3. The van der Waals surface area contributed by atoms with E-state index < -0.39 is 0 Å². The fourth-order valence-electron chi connectivity index (χ4n) is 1.78. The minimum Gasteiger partial charge on any atom is -0.392 e. The van der Waals surface area contributed by atoms with Gasteiger partial charge in [-0.1, -0.05) is 30.3 Å². The van der Waals surface area contributed by atoms with Crippen LogP contribution in [0.25, 0.3) is 0 Å². The van der Waals surface area contributed by atoms with Crippen LogP contribution >= 0.6 is 0 Å². The van der Waals surface area contributed by atoms with E-state index in [4.69, 9.17) is 5.11 Å². The molecule has 0 amide bonds. The van der Waals surface area contributed by atoms with E-state index in [-0.39, 0.29) is 12.6 Å². The van der Waals surface area contributed by atoms with Crippen LogP contribution in [0.1, 0.15) is 29.7 Å². The first-order valence-electron chi connectivity index (χ1n) is 6.11. The molecule has 2 N–H and O–H groups in total. The highest BCUT2D eigenvalue weighted by Gasteiger charge is 2.04. The lowest BCUT2D eigenvalue weighted by Gasteiger charge is -2.13. The van der Waals surface area contributed by atoms with Crippen molar-refractivity contribution in [1.82, 2.24) is 10.3 Å². The molecule has 94 valence electrons. The molecule has 3 heteroatoms. The molecule has 0 fully saturated rings. The van der Waals surface area contributed by atoms with Crippen molar-refractivity contribution < 1.29 is 5.11 Å². The van der Waals surface area contributed by atoms with Crippen LogP contribution in [0.5, 0.6) is 0 Å². The zero-order chi connectivity index (χ0) is 12.8. The van der Waals surface area contributed by atoms with Crippen LogP contribution in [0.15, 0.2) is 48.8 Å². The summed E-state index contributed by atoms with van der Waals surface area (Å²) in [5.41, 5.74) is 3.34. The van der Waals surface area contributed by atoms with Crippen molar-refractivity contribution in [3.8, 4) is 0 Å². The Balaban J connectivity index is 1.91. The molecular weight excluding hydrogens is 224 g/mol. The summed E-state index contributed by atoms with van der Waals surface area (Å²) in [6, 6.07) is 12.3. The molecule has 1 aromatic heterocycles. The maximum atomic E-state index is 8.97. The van der Waals surface area contributed by atoms with Gasteiger partial charge in [0.1, 0.15) is 0 Å². The number of aromatic nitrogens is 1. The third kappa shape index (κ3) is 3.39. The number of benzene rings is 1. The van der Waals surface area contributed by atoms with E-state index in [1.165, 1.54) is 11.1 Å². The summed E-state index contributed by atoms with van der Waals surface area (Å²) in [6.45, 7) is 3.03. The average molecular weight is 242 g/mol. The Hall–Kier alpha value is -1.71. The van der Waals surface area contributed by atoms with Gasteiger partial charge in [-0.05, 0) is 29.7 Å². The Morgan fingerprint density at radius 1 is 1.17 bits per heavy atom. The van der Waals surface area contributed by atoms with E-state index in [1.54, 1.807) is 6.20 Å². The molecular formula is C15H18N2O. The largest absolute Gasteiger partial charge is 0.392 e. The first-order valence-corrected chi connectivity index (χ1v) is 6.11. The molecule has 3 nitrogen and oxygen atoms in total. The summed E-state index contributed by atoms with van der Waals surface area (Å²) in [4.78, 5) is 4.12. The van der Waals surface area contributed by atoms with Gasteiger partial charge in [0.15, 0.2) is 0 Å². The van der Waals surface area contributed by atoms with Gasteiger partial charge in [0.2, 0.25) is 0 Å². The van der Waals surface area contributed by atoms with Gasteiger partial charge >= 0.3 is 0 Å². The first kappa shape index (κ1) is 12.7. The second-order valence-corrected chi connectivity index (χ2v) is 4.36. The Morgan fingerprint density at radius 2 is 1.89 bits per heavy atom. The zero-order valence-corrected chi connectivity index (χ0v) is 10.5. The first-order chi connectivity index (χ1) is 8.79. The molecule has 1 atom stereocenters. The maximum Gasteiger partial charge on any atom is 0.0681 e. The van der Waals surface area contributed by atoms with E-state index >= 15 is 0 Å². The third-order valence-electron chi connectivity index (χ3n) is 3.00. The molecule has 1 aromatic carbocycles. The van der Waals surface area contributed by atoms with Gasteiger partial charge in [0, 0.05) is 25.0 Å². The quantitative estimate of drug-likeness (QED) is 0.846. The van der Waals surface area contributed by atoms with Crippen molar-refractivity contribution in [1.29, 1.82) is 0 Å². The number of nitrogens with zero attached hydrogens (tertiary/aromatic N) is 1. The van der Waals surface area contributed by atoms with Crippen molar-refractivity contribution in [2.45, 2.75) is 26.1 Å². The van der Waals surface area contributed by atoms with Crippen LogP contribution < -0.4 is 5.32 Å². The average Bonchev–Trinajstić information content (AvgIpc) is 2.46. The molecule has 1 heterocycles. The molecule has 0 aliphatic heterocycles. The zero-order valence-electron chi connectivity index (χ0n) is 10.5. The van der Waals surface area contributed by atoms with E-state index in [1.807, 2.05) is 36.5 Å². The Labute approximate surface area is 108 Å². The van der Waals surface area contributed by atoms with E-state index in [2.05, 4.69) is 23.3 Å². The van der Waals surface area contributed by atoms with Gasteiger partial charge in [-0.3, -0.25) is 4.98 Å². The summed E-state index contributed by atoms with van der Waals surface area (Å²) in [6.07, 6.45) is 3.66. The summed E-state index contributed by atoms with van der Waals surface area (Å²) >= 11 is 0. The Kier molecular flexibility index (Phi) is 4.45. The number of aliphatic hydroxyl groups excluding tert-OH is 1. The lowest BCUT2D eigenvalue weighted by molar-refractivity contribution is 0.282. The number of nitrogens with one attached hydrogen (secondary N) is 1. The molecule has 0 radical (unpaired) electrons. The van der Waals surface area contributed by atoms with Crippen LogP contribution in [-0.2, 0) is 13.2 Å². The molecule has 2 aromatic rings. The SMILES string of the molecule is CC(NCc1ccc(CO)cc1)c1cccnc1. The van der Waals surface area contributed by atoms with Gasteiger partial charge in [-0.15, -0.1) is 0 Å². The standard InChI is InChI=1S/C15H18N2O/c1-12(15-3-2-8-16-10-15)17-9-13-4-6-14(11-18)7-5-13/h2-8,10,12,17-18H,9,11H2,1H3. The lowest BCUT2D eigenvalue weighted by Crippen LogP contribution is -2.18. The highest BCUT2D eigenvalue weighted by Crippen LogP contribution is 2.11. The normalized spacial score (nSPS) is 12.3. The smallest absolute Gasteiger partial charge is 0.0681 e. The van der Waals surface area contributed by atoms with Gasteiger partial charge in [-0.2, -0.15) is 0 Å². The van der Waals surface area contributed by atoms with Crippen LogP contribution in [0.2, 0.25) is 0 Å². The maximum absolute atomic E-state index is 8.97. The predicted molar refractivity (Wildman–Crippen MR) is 71.9 cm³/mol. The van der Waals surface area contributed by atoms with Crippen LogP contribution in [0.4, 0.5) is 0 Å². The van der Waals surface area contributed by atoms with Crippen molar-refractivity contribution in [2.24, 2.45) is 0 Å².